The molecule has 0 bridgehead atoms. The molecule has 0 rings (SSSR count). The number of hydrogen-bond acceptors (Lipinski definition) is 8. The van der Waals surface area contributed by atoms with Gasteiger partial charge in [0.15, 0.2) is 0 Å². The fraction of sp³-hybridized carbons (Fsp3) is 0.846. The van der Waals surface area contributed by atoms with Gasteiger partial charge in [0, 0.05) is 32.4 Å². The van der Waals surface area contributed by atoms with E-state index >= 15 is 0 Å². The van der Waals surface area contributed by atoms with E-state index in [1.54, 1.807) is 13.8 Å². The van der Waals surface area contributed by atoms with Gasteiger partial charge in [0.2, 0.25) is 11.8 Å². The molecule has 3 N–H and O–H groups in total. The lowest BCUT2D eigenvalue weighted by Gasteiger charge is -2.15. The van der Waals surface area contributed by atoms with Gasteiger partial charge < -0.3 is 34.7 Å². The lowest BCUT2D eigenvalue weighted by Crippen LogP contribution is -2.34. The summed E-state index contributed by atoms with van der Waals surface area (Å²) in [5.41, 5.74) is 0. The summed E-state index contributed by atoms with van der Waals surface area (Å²) in [6.07, 6.45) is 0.420. The third-order valence-corrected chi connectivity index (χ3v) is 4.48. The Bertz CT molecular complexity index is 572. The van der Waals surface area contributed by atoms with Gasteiger partial charge in [-0.15, -0.1) is 0 Å². The molecule has 0 radical (unpaired) electrons. The van der Waals surface area contributed by atoms with Crippen LogP contribution in [0.15, 0.2) is 0 Å². The van der Waals surface area contributed by atoms with E-state index < -0.39 is 11.9 Å². The molecule has 0 aromatic rings. The monoisotopic (exact) mass is 536 g/mol. The normalized spacial score (nSPS) is 10.9. The van der Waals surface area contributed by atoms with E-state index in [0.717, 1.165) is 0 Å². The molecule has 11 nitrogen and oxygen atoms in total. The summed E-state index contributed by atoms with van der Waals surface area (Å²) in [7, 11) is 0. The zero-order chi connectivity index (χ0) is 28.9. The first-order valence-electron chi connectivity index (χ1n) is 13.3. The van der Waals surface area contributed by atoms with Crippen molar-refractivity contribution >= 4 is 23.6 Å². The maximum atomic E-state index is 11.8. The highest BCUT2D eigenvalue weighted by atomic mass is 16.6. The average Bonchev–Trinajstić information content (AvgIpc) is 2.86. The third-order valence-electron chi connectivity index (χ3n) is 4.48. The summed E-state index contributed by atoms with van der Waals surface area (Å²) in [6.45, 7) is 16.8. The zero-order valence-corrected chi connectivity index (χ0v) is 24.1. The van der Waals surface area contributed by atoms with Crippen LogP contribution < -0.4 is 10.6 Å². The molecule has 0 aromatic carbocycles. The first kappa shape index (κ1) is 39.4. The predicted molar refractivity (Wildman–Crippen MR) is 142 cm³/mol. The fourth-order valence-corrected chi connectivity index (χ4v) is 2.52. The van der Waals surface area contributed by atoms with E-state index in [-0.39, 0.29) is 42.9 Å². The molecular weight excluding hydrogens is 484 g/mol. The number of Topliss-reactive ketones (excluding diaryl/α,β-unsaturated/α-hetero) is 1. The molecule has 0 spiro atoms. The van der Waals surface area contributed by atoms with Crippen molar-refractivity contribution in [1.29, 1.82) is 0 Å². The van der Waals surface area contributed by atoms with E-state index in [4.69, 9.17) is 24.1 Å². The van der Waals surface area contributed by atoms with Crippen LogP contribution in [0, 0.1) is 11.8 Å². The number of carboxylic acids is 1. The van der Waals surface area contributed by atoms with Gasteiger partial charge in [0.1, 0.15) is 5.78 Å². The molecule has 0 heterocycles. The molecule has 0 saturated carbocycles. The Kier molecular flexibility index (Phi) is 32.1. The van der Waals surface area contributed by atoms with Gasteiger partial charge in [0.25, 0.3) is 0 Å². The smallest absolute Gasteiger partial charge is 0.307 e. The van der Waals surface area contributed by atoms with Crippen LogP contribution in [0.5, 0.6) is 0 Å². The number of carbonyl (C=O) groups is 4. The van der Waals surface area contributed by atoms with Gasteiger partial charge in [-0.05, 0) is 12.8 Å². The van der Waals surface area contributed by atoms with Crippen molar-refractivity contribution in [3.8, 4) is 0 Å². The Morgan fingerprint density at radius 2 is 1.08 bits per heavy atom. The van der Waals surface area contributed by atoms with Crippen molar-refractivity contribution in [3.05, 3.63) is 0 Å². The first-order chi connectivity index (χ1) is 17.7. The van der Waals surface area contributed by atoms with Crippen LogP contribution in [0.25, 0.3) is 0 Å². The van der Waals surface area contributed by atoms with Gasteiger partial charge in [-0.3, -0.25) is 19.2 Å². The van der Waals surface area contributed by atoms with Crippen molar-refractivity contribution < 1.29 is 43.2 Å². The fourth-order valence-electron chi connectivity index (χ4n) is 2.52. The molecule has 0 fully saturated rings. The van der Waals surface area contributed by atoms with Crippen LogP contribution in [0.2, 0.25) is 0 Å². The van der Waals surface area contributed by atoms with E-state index in [9.17, 15) is 19.2 Å². The number of hydrogen-bond donors (Lipinski definition) is 3. The number of carbonyl (C=O) groups excluding carboxylic acids is 3. The van der Waals surface area contributed by atoms with Crippen molar-refractivity contribution in [2.24, 2.45) is 11.8 Å². The van der Waals surface area contributed by atoms with Crippen LogP contribution in [-0.2, 0) is 38.1 Å². The minimum Gasteiger partial charge on any atom is -0.481 e. The Morgan fingerprint density at radius 1 is 0.649 bits per heavy atom. The van der Waals surface area contributed by atoms with E-state index in [1.807, 2.05) is 27.7 Å². The molecule has 11 heteroatoms. The van der Waals surface area contributed by atoms with Gasteiger partial charge in [0.05, 0.1) is 58.8 Å². The van der Waals surface area contributed by atoms with Gasteiger partial charge in [-0.25, -0.2) is 0 Å². The number of nitrogens with one attached hydrogen (secondary N) is 2. The first-order valence-corrected chi connectivity index (χ1v) is 13.3. The predicted octanol–water partition coefficient (Wildman–Crippen LogP) is 2.45. The second-order valence-corrected chi connectivity index (χ2v) is 7.74. The number of ketones is 1. The van der Waals surface area contributed by atoms with Gasteiger partial charge in [-0.2, -0.15) is 0 Å². The Balaban J connectivity index is -0.00000274. The second kappa shape index (κ2) is 30.1. The zero-order valence-electron chi connectivity index (χ0n) is 24.1. The maximum Gasteiger partial charge on any atom is 0.307 e. The quantitative estimate of drug-likeness (QED) is 0.177. The van der Waals surface area contributed by atoms with Gasteiger partial charge >= 0.3 is 5.97 Å². The second-order valence-electron chi connectivity index (χ2n) is 7.74. The number of aliphatic carboxylic acids is 1. The lowest BCUT2D eigenvalue weighted by molar-refractivity contribution is -0.145. The summed E-state index contributed by atoms with van der Waals surface area (Å²) in [5.74, 6) is -2.39. The summed E-state index contributed by atoms with van der Waals surface area (Å²) >= 11 is 0. The molecule has 0 aromatic heterocycles. The summed E-state index contributed by atoms with van der Waals surface area (Å²) in [6, 6.07) is 0. The summed E-state index contributed by atoms with van der Waals surface area (Å²) in [5, 5.41) is 14.3. The van der Waals surface area contributed by atoms with Crippen LogP contribution >= 0.6 is 0 Å². The minimum absolute atomic E-state index is 0.102. The van der Waals surface area contributed by atoms with Crippen LogP contribution in [0.4, 0.5) is 0 Å². The van der Waals surface area contributed by atoms with Crippen LogP contribution in [0.3, 0.4) is 0 Å². The average molecular weight is 537 g/mol. The maximum absolute atomic E-state index is 11.8. The third kappa shape index (κ3) is 30.0. The Labute approximate surface area is 223 Å². The number of amides is 2. The SMILES string of the molecule is CC.CC.CC(=O)CCOCCOCCOCCOCCNC(=O)CCNC(=O)CC(C(=O)O)C(C)C. The van der Waals surface area contributed by atoms with E-state index in [2.05, 4.69) is 10.6 Å². The van der Waals surface area contributed by atoms with Crippen LogP contribution in [-0.4, -0.2) is 94.6 Å². The van der Waals surface area contributed by atoms with Crippen molar-refractivity contribution in [1.82, 2.24) is 10.6 Å². The van der Waals surface area contributed by atoms with Crippen molar-refractivity contribution in [2.75, 3.05) is 65.9 Å². The molecule has 220 valence electrons. The molecule has 0 saturated heterocycles. The molecule has 0 aliphatic heterocycles. The minimum atomic E-state index is -1.000. The highest BCUT2D eigenvalue weighted by Crippen LogP contribution is 2.15. The number of ether oxygens (including phenoxy) is 4. The number of carboxylic acid groups (broad SMARTS) is 1. The molecular formula is C26H52N2O9. The molecule has 0 aliphatic rings. The molecule has 37 heavy (non-hydrogen) atoms. The largest absolute Gasteiger partial charge is 0.481 e. The molecule has 1 atom stereocenters. The molecule has 1 unspecified atom stereocenters. The highest BCUT2D eigenvalue weighted by Gasteiger charge is 2.24. The Hall–Kier alpha value is -2.08. The Morgan fingerprint density at radius 3 is 1.51 bits per heavy atom. The highest BCUT2D eigenvalue weighted by molar-refractivity contribution is 5.83. The number of rotatable bonds is 22. The van der Waals surface area contributed by atoms with Crippen molar-refractivity contribution in [3.63, 3.8) is 0 Å². The van der Waals surface area contributed by atoms with Crippen LogP contribution in [0.1, 0.15) is 67.7 Å². The topological polar surface area (TPSA) is 149 Å². The summed E-state index contributed by atoms with van der Waals surface area (Å²) < 4.78 is 21.3. The van der Waals surface area contributed by atoms with E-state index in [0.29, 0.717) is 65.8 Å². The lowest BCUT2D eigenvalue weighted by atomic mass is 9.92. The standard InChI is InChI=1S/C22H40N2O9.2C2H6/c1-17(2)19(22(28)29)16-21(27)23-6-4-20(26)24-7-9-31-11-13-33-15-14-32-12-10-30-8-5-18(3)25;2*1-2/h17,19H,4-16H2,1-3H3,(H,23,27)(H,24,26)(H,28,29);2*1-2H3. The van der Waals surface area contributed by atoms with Crippen molar-refractivity contribution in [2.45, 2.75) is 67.7 Å². The van der Waals surface area contributed by atoms with Gasteiger partial charge in [-0.1, -0.05) is 41.5 Å². The summed E-state index contributed by atoms with van der Waals surface area (Å²) in [4.78, 5) is 45.4. The van der Waals surface area contributed by atoms with E-state index in [1.165, 1.54) is 6.92 Å². The molecule has 0 aliphatic carbocycles. The molecule has 2 amide bonds.